The van der Waals surface area contributed by atoms with Crippen molar-refractivity contribution in [2.75, 3.05) is 20.2 Å². The van der Waals surface area contributed by atoms with Gasteiger partial charge < -0.3 is 9.84 Å². The normalized spacial score (nSPS) is 23.8. The zero-order chi connectivity index (χ0) is 15.7. The molecule has 0 radical (unpaired) electrons. The SMILES string of the molecule is COC(=O)c1cccc(S(=O)(=O)N2CCCC(C)(O)C2)c1. The molecule has 0 aromatic heterocycles. The zero-order valence-corrected chi connectivity index (χ0v) is 12.9. The van der Waals surface area contributed by atoms with E-state index in [1.54, 1.807) is 6.92 Å². The van der Waals surface area contributed by atoms with Crippen LogP contribution in [0.2, 0.25) is 0 Å². The molecule has 116 valence electrons. The number of carbonyl (C=O) groups excluding carboxylic acids is 1. The van der Waals surface area contributed by atoms with Crippen molar-refractivity contribution < 1.29 is 23.1 Å². The van der Waals surface area contributed by atoms with Crippen LogP contribution >= 0.6 is 0 Å². The molecule has 1 aromatic rings. The number of esters is 1. The lowest BCUT2D eigenvalue weighted by Gasteiger charge is -2.35. The molecule has 1 aliphatic rings. The summed E-state index contributed by atoms with van der Waals surface area (Å²) in [5.41, 5.74) is -0.840. The molecule has 1 N–H and O–H groups in total. The molecule has 1 atom stereocenters. The lowest BCUT2D eigenvalue weighted by Crippen LogP contribution is -2.48. The fraction of sp³-hybridized carbons (Fsp3) is 0.500. The number of methoxy groups -OCH3 is 1. The number of sulfonamides is 1. The van der Waals surface area contributed by atoms with Gasteiger partial charge in [0, 0.05) is 13.1 Å². The second kappa shape index (κ2) is 5.75. The van der Waals surface area contributed by atoms with Crippen molar-refractivity contribution in [2.45, 2.75) is 30.3 Å². The van der Waals surface area contributed by atoms with Crippen molar-refractivity contribution in [3.8, 4) is 0 Å². The Labute approximate surface area is 124 Å². The van der Waals surface area contributed by atoms with E-state index in [0.717, 1.165) is 0 Å². The van der Waals surface area contributed by atoms with Gasteiger partial charge in [-0.1, -0.05) is 6.07 Å². The van der Waals surface area contributed by atoms with Gasteiger partial charge in [0.05, 0.1) is 23.2 Å². The monoisotopic (exact) mass is 313 g/mol. The molecule has 1 fully saturated rings. The van der Waals surface area contributed by atoms with Crippen LogP contribution in [-0.2, 0) is 14.8 Å². The fourth-order valence-corrected chi connectivity index (χ4v) is 4.07. The Morgan fingerprint density at radius 1 is 1.43 bits per heavy atom. The first kappa shape index (κ1) is 15.9. The summed E-state index contributed by atoms with van der Waals surface area (Å²) >= 11 is 0. The van der Waals surface area contributed by atoms with Crippen molar-refractivity contribution in [2.24, 2.45) is 0 Å². The van der Waals surface area contributed by atoms with Crippen molar-refractivity contribution in [3.63, 3.8) is 0 Å². The summed E-state index contributed by atoms with van der Waals surface area (Å²) in [5, 5.41) is 10.1. The highest BCUT2D eigenvalue weighted by atomic mass is 32.2. The Balaban J connectivity index is 2.33. The largest absolute Gasteiger partial charge is 0.465 e. The molecule has 1 heterocycles. The minimum Gasteiger partial charge on any atom is -0.465 e. The second-order valence-electron chi connectivity index (χ2n) is 5.46. The van der Waals surface area contributed by atoms with E-state index in [1.165, 1.54) is 35.7 Å². The summed E-state index contributed by atoms with van der Waals surface area (Å²) < 4.78 is 31.1. The van der Waals surface area contributed by atoms with Crippen molar-refractivity contribution in [1.82, 2.24) is 4.31 Å². The summed E-state index contributed by atoms with van der Waals surface area (Å²) in [5.74, 6) is -0.585. The summed E-state index contributed by atoms with van der Waals surface area (Å²) in [7, 11) is -2.49. The Morgan fingerprint density at radius 3 is 2.76 bits per heavy atom. The third kappa shape index (κ3) is 3.42. The first-order valence-electron chi connectivity index (χ1n) is 6.67. The molecule has 0 spiro atoms. The van der Waals surface area contributed by atoms with Gasteiger partial charge in [-0.05, 0) is 38.0 Å². The number of ether oxygens (including phenoxy) is 1. The predicted octanol–water partition coefficient (Wildman–Crippen LogP) is 1.01. The van der Waals surface area contributed by atoms with Crippen LogP contribution in [0, 0.1) is 0 Å². The lowest BCUT2D eigenvalue weighted by atomic mass is 9.97. The van der Waals surface area contributed by atoms with Gasteiger partial charge in [0.2, 0.25) is 10.0 Å². The number of nitrogens with zero attached hydrogens (tertiary/aromatic N) is 1. The van der Waals surface area contributed by atoms with E-state index in [1.807, 2.05) is 0 Å². The predicted molar refractivity (Wildman–Crippen MR) is 76.4 cm³/mol. The van der Waals surface area contributed by atoms with Crippen LogP contribution in [0.25, 0.3) is 0 Å². The number of rotatable bonds is 3. The fourth-order valence-electron chi connectivity index (χ4n) is 2.43. The molecule has 2 rings (SSSR count). The topological polar surface area (TPSA) is 83.9 Å². The van der Waals surface area contributed by atoms with Gasteiger partial charge in [-0.3, -0.25) is 0 Å². The molecule has 0 bridgehead atoms. The molecule has 0 amide bonds. The van der Waals surface area contributed by atoms with Gasteiger partial charge in [0.15, 0.2) is 0 Å². The standard InChI is InChI=1S/C14H19NO5S/c1-14(17)7-4-8-15(10-14)21(18,19)12-6-3-5-11(9-12)13(16)20-2/h3,5-6,9,17H,4,7-8,10H2,1-2H3. The van der Waals surface area contributed by atoms with Gasteiger partial charge in [-0.15, -0.1) is 0 Å². The molecule has 21 heavy (non-hydrogen) atoms. The zero-order valence-electron chi connectivity index (χ0n) is 12.1. The molecule has 7 heteroatoms. The molecule has 6 nitrogen and oxygen atoms in total. The van der Waals surface area contributed by atoms with Crippen LogP contribution < -0.4 is 0 Å². The van der Waals surface area contributed by atoms with E-state index >= 15 is 0 Å². The summed E-state index contributed by atoms with van der Waals surface area (Å²) in [6.07, 6.45) is 1.17. The van der Waals surface area contributed by atoms with Crippen molar-refractivity contribution >= 4 is 16.0 Å². The number of aliphatic hydroxyl groups is 1. The van der Waals surface area contributed by atoms with Gasteiger partial charge in [-0.25, -0.2) is 13.2 Å². The summed E-state index contributed by atoms with van der Waals surface area (Å²) in [6, 6.07) is 5.73. The van der Waals surface area contributed by atoms with Gasteiger partial charge in [0.1, 0.15) is 0 Å². The van der Waals surface area contributed by atoms with Crippen LogP contribution in [0.4, 0.5) is 0 Å². The van der Waals surface area contributed by atoms with E-state index in [-0.39, 0.29) is 17.0 Å². The summed E-state index contributed by atoms with van der Waals surface area (Å²) in [4.78, 5) is 11.5. The maximum absolute atomic E-state index is 12.6. The highest BCUT2D eigenvalue weighted by molar-refractivity contribution is 7.89. The maximum Gasteiger partial charge on any atom is 0.337 e. The second-order valence-corrected chi connectivity index (χ2v) is 7.40. The van der Waals surface area contributed by atoms with Crippen LogP contribution in [0.1, 0.15) is 30.1 Å². The van der Waals surface area contributed by atoms with Crippen LogP contribution in [0.3, 0.4) is 0 Å². The third-order valence-electron chi connectivity index (χ3n) is 3.53. The smallest absolute Gasteiger partial charge is 0.337 e. The minimum absolute atomic E-state index is 0.0306. The quantitative estimate of drug-likeness (QED) is 0.842. The highest BCUT2D eigenvalue weighted by Crippen LogP contribution is 2.26. The van der Waals surface area contributed by atoms with E-state index in [4.69, 9.17) is 0 Å². The summed E-state index contributed by atoms with van der Waals surface area (Å²) in [6.45, 7) is 2.04. The minimum atomic E-state index is -3.73. The first-order chi connectivity index (χ1) is 9.76. The Kier molecular flexibility index (Phi) is 4.36. The van der Waals surface area contributed by atoms with Crippen molar-refractivity contribution in [1.29, 1.82) is 0 Å². The van der Waals surface area contributed by atoms with Gasteiger partial charge in [0.25, 0.3) is 0 Å². The van der Waals surface area contributed by atoms with E-state index in [2.05, 4.69) is 4.74 Å². The maximum atomic E-state index is 12.6. The van der Waals surface area contributed by atoms with E-state index in [0.29, 0.717) is 19.4 Å². The number of β-amino-alcohol motifs (C(OH)–C–C–N with tert-alkyl or cyclic N) is 1. The third-order valence-corrected chi connectivity index (χ3v) is 5.37. The highest BCUT2D eigenvalue weighted by Gasteiger charge is 2.35. The number of benzene rings is 1. The Bertz CT molecular complexity index is 639. The molecule has 1 unspecified atom stereocenters. The number of hydrogen-bond acceptors (Lipinski definition) is 5. The van der Waals surface area contributed by atoms with E-state index in [9.17, 15) is 18.3 Å². The van der Waals surface area contributed by atoms with Crippen LogP contribution in [0.15, 0.2) is 29.2 Å². The molecule has 1 aliphatic heterocycles. The Morgan fingerprint density at radius 2 is 2.14 bits per heavy atom. The number of hydrogen-bond donors (Lipinski definition) is 1. The number of piperidine rings is 1. The van der Waals surface area contributed by atoms with Gasteiger partial charge in [-0.2, -0.15) is 4.31 Å². The average Bonchev–Trinajstić information content (AvgIpc) is 2.45. The molecule has 1 aromatic carbocycles. The molecular weight excluding hydrogens is 294 g/mol. The molecule has 0 saturated carbocycles. The molecule has 1 saturated heterocycles. The first-order valence-corrected chi connectivity index (χ1v) is 8.11. The Hall–Kier alpha value is -1.44. The van der Waals surface area contributed by atoms with Crippen LogP contribution in [0.5, 0.6) is 0 Å². The van der Waals surface area contributed by atoms with E-state index < -0.39 is 21.6 Å². The number of carbonyl (C=O) groups is 1. The molecular formula is C14H19NO5S. The van der Waals surface area contributed by atoms with Crippen LogP contribution in [-0.4, -0.2) is 49.6 Å². The average molecular weight is 313 g/mol. The van der Waals surface area contributed by atoms with Gasteiger partial charge >= 0.3 is 5.97 Å². The lowest BCUT2D eigenvalue weighted by molar-refractivity contribution is 0.00939. The molecule has 0 aliphatic carbocycles. The van der Waals surface area contributed by atoms with Crippen molar-refractivity contribution in [3.05, 3.63) is 29.8 Å².